The number of nitrogens with one attached hydrogen (secondary N) is 1. The molecule has 0 radical (unpaired) electrons. The fourth-order valence-corrected chi connectivity index (χ4v) is 3.49. The molecule has 3 heteroatoms. The lowest BCUT2D eigenvalue weighted by Crippen LogP contribution is -2.26. The fourth-order valence-electron chi connectivity index (χ4n) is 3.49. The smallest absolute Gasteiger partial charge is 0.0546 e. The van der Waals surface area contributed by atoms with Crippen LogP contribution in [0.3, 0.4) is 0 Å². The second kappa shape index (κ2) is 7.49. The van der Waals surface area contributed by atoms with Gasteiger partial charge < -0.3 is 10.3 Å². The SMILES string of the molecule is CN(C)C1=C(c2ccccc2C=NNC2CCCCC2)CC=C1. The summed E-state index contributed by atoms with van der Waals surface area (Å²) < 4.78 is 0. The van der Waals surface area contributed by atoms with Crippen LogP contribution in [-0.2, 0) is 0 Å². The van der Waals surface area contributed by atoms with Crippen LogP contribution in [0.5, 0.6) is 0 Å². The minimum absolute atomic E-state index is 0.553. The van der Waals surface area contributed by atoms with Gasteiger partial charge in [-0.1, -0.05) is 49.6 Å². The molecule has 23 heavy (non-hydrogen) atoms. The molecule has 3 nitrogen and oxygen atoms in total. The zero-order valence-electron chi connectivity index (χ0n) is 14.3. The summed E-state index contributed by atoms with van der Waals surface area (Å²) in [6.45, 7) is 0. The summed E-state index contributed by atoms with van der Waals surface area (Å²) in [7, 11) is 4.21. The Morgan fingerprint density at radius 1 is 1.13 bits per heavy atom. The van der Waals surface area contributed by atoms with Crippen molar-refractivity contribution in [2.75, 3.05) is 14.1 Å². The maximum absolute atomic E-state index is 4.54. The van der Waals surface area contributed by atoms with Gasteiger partial charge in [0.05, 0.1) is 6.21 Å². The van der Waals surface area contributed by atoms with E-state index in [2.05, 4.69) is 65.9 Å². The van der Waals surface area contributed by atoms with Gasteiger partial charge in [-0.15, -0.1) is 0 Å². The first-order valence-corrected chi connectivity index (χ1v) is 8.70. The zero-order chi connectivity index (χ0) is 16.1. The molecular formula is C20H27N3. The van der Waals surface area contributed by atoms with Crippen LogP contribution < -0.4 is 5.43 Å². The van der Waals surface area contributed by atoms with Crippen LogP contribution in [0.15, 0.2) is 47.2 Å². The summed E-state index contributed by atoms with van der Waals surface area (Å²) in [4.78, 5) is 2.19. The first-order valence-electron chi connectivity index (χ1n) is 8.70. The number of nitrogens with zero attached hydrogens (tertiary/aromatic N) is 2. The quantitative estimate of drug-likeness (QED) is 0.653. The molecule has 1 N–H and O–H groups in total. The van der Waals surface area contributed by atoms with Crippen molar-refractivity contribution in [3.8, 4) is 0 Å². The molecule has 1 aromatic carbocycles. The van der Waals surface area contributed by atoms with Gasteiger partial charge in [-0.25, -0.2) is 0 Å². The minimum Gasteiger partial charge on any atom is -0.377 e. The van der Waals surface area contributed by atoms with E-state index in [1.54, 1.807) is 0 Å². The molecule has 2 aliphatic rings. The van der Waals surface area contributed by atoms with E-state index < -0.39 is 0 Å². The molecule has 0 aliphatic heterocycles. The van der Waals surface area contributed by atoms with Crippen molar-refractivity contribution in [3.63, 3.8) is 0 Å². The molecular weight excluding hydrogens is 282 g/mol. The Kier molecular flexibility index (Phi) is 5.16. The molecule has 0 atom stereocenters. The molecule has 0 heterocycles. The highest BCUT2D eigenvalue weighted by atomic mass is 15.3. The largest absolute Gasteiger partial charge is 0.377 e. The van der Waals surface area contributed by atoms with Gasteiger partial charge in [0.2, 0.25) is 0 Å². The van der Waals surface area contributed by atoms with Gasteiger partial charge in [-0.3, -0.25) is 0 Å². The second-order valence-electron chi connectivity index (χ2n) is 6.67. The third-order valence-electron chi connectivity index (χ3n) is 4.74. The fraction of sp³-hybridized carbons (Fsp3) is 0.450. The topological polar surface area (TPSA) is 27.6 Å². The highest BCUT2D eigenvalue weighted by Gasteiger charge is 2.15. The highest BCUT2D eigenvalue weighted by Crippen LogP contribution is 2.31. The third-order valence-corrected chi connectivity index (χ3v) is 4.74. The first-order chi connectivity index (χ1) is 11.3. The molecule has 122 valence electrons. The minimum atomic E-state index is 0.553. The number of benzene rings is 1. The van der Waals surface area contributed by atoms with E-state index in [1.165, 1.54) is 54.5 Å². The molecule has 0 amide bonds. The average molecular weight is 309 g/mol. The number of rotatable bonds is 5. The van der Waals surface area contributed by atoms with E-state index in [9.17, 15) is 0 Å². The van der Waals surface area contributed by atoms with Crippen molar-refractivity contribution >= 4 is 11.8 Å². The van der Waals surface area contributed by atoms with E-state index in [4.69, 9.17) is 0 Å². The first kappa shape index (κ1) is 15.9. The van der Waals surface area contributed by atoms with Gasteiger partial charge >= 0.3 is 0 Å². The van der Waals surface area contributed by atoms with Crippen LogP contribution in [0.25, 0.3) is 5.57 Å². The van der Waals surface area contributed by atoms with E-state index in [0.717, 1.165) is 6.42 Å². The normalized spacial score (nSPS) is 18.9. The Labute approximate surface area is 139 Å². The van der Waals surface area contributed by atoms with Gasteiger partial charge in [0, 0.05) is 31.4 Å². The van der Waals surface area contributed by atoms with Crippen LogP contribution in [-0.4, -0.2) is 31.3 Å². The number of allylic oxidation sites excluding steroid dienone is 3. The summed E-state index contributed by atoms with van der Waals surface area (Å²) in [5.74, 6) is 0. The molecule has 3 rings (SSSR count). The maximum Gasteiger partial charge on any atom is 0.0546 e. The zero-order valence-corrected chi connectivity index (χ0v) is 14.3. The summed E-state index contributed by atoms with van der Waals surface area (Å²) in [5.41, 5.74) is 8.51. The summed E-state index contributed by atoms with van der Waals surface area (Å²) in [6.07, 6.45) is 14.0. The van der Waals surface area contributed by atoms with Gasteiger partial charge in [0.15, 0.2) is 0 Å². The van der Waals surface area contributed by atoms with Crippen LogP contribution in [0.4, 0.5) is 0 Å². The number of hydrazone groups is 1. The lowest BCUT2D eigenvalue weighted by atomic mass is 9.96. The Morgan fingerprint density at radius 2 is 1.91 bits per heavy atom. The van der Waals surface area contributed by atoms with Crippen LogP contribution >= 0.6 is 0 Å². The lowest BCUT2D eigenvalue weighted by molar-refractivity contribution is 0.381. The Morgan fingerprint density at radius 3 is 2.70 bits per heavy atom. The predicted molar refractivity (Wildman–Crippen MR) is 98.4 cm³/mol. The monoisotopic (exact) mass is 309 g/mol. The van der Waals surface area contributed by atoms with Gasteiger partial charge in [-0.05, 0) is 36.5 Å². The Bertz CT molecular complexity index is 620. The Hall–Kier alpha value is -2.03. The van der Waals surface area contributed by atoms with E-state index in [1.807, 2.05) is 6.21 Å². The molecule has 1 saturated carbocycles. The Balaban J connectivity index is 1.77. The van der Waals surface area contributed by atoms with E-state index in [-0.39, 0.29) is 0 Å². The summed E-state index contributed by atoms with van der Waals surface area (Å²) in [5, 5.41) is 4.54. The molecule has 0 saturated heterocycles. The van der Waals surface area contributed by atoms with Crippen molar-refractivity contribution < 1.29 is 0 Å². The predicted octanol–water partition coefficient (Wildman–Crippen LogP) is 4.18. The molecule has 2 aliphatic carbocycles. The lowest BCUT2D eigenvalue weighted by Gasteiger charge is -2.21. The molecule has 1 aromatic rings. The van der Waals surface area contributed by atoms with Crippen molar-refractivity contribution in [1.82, 2.24) is 10.3 Å². The van der Waals surface area contributed by atoms with Gasteiger partial charge in [0.1, 0.15) is 0 Å². The van der Waals surface area contributed by atoms with Crippen LogP contribution in [0.1, 0.15) is 49.7 Å². The second-order valence-corrected chi connectivity index (χ2v) is 6.67. The number of hydrogen-bond donors (Lipinski definition) is 1. The van der Waals surface area contributed by atoms with E-state index >= 15 is 0 Å². The van der Waals surface area contributed by atoms with Gasteiger partial charge in [0.25, 0.3) is 0 Å². The third kappa shape index (κ3) is 3.84. The van der Waals surface area contributed by atoms with Crippen molar-refractivity contribution in [2.24, 2.45) is 5.10 Å². The molecule has 0 aromatic heterocycles. The molecule has 1 fully saturated rings. The highest BCUT2D eigenvalue weighted by molar-refractivity contribution is 5.90. The van der Waals surface area contributed by atoms with Gasteiger partial charge in [-0.2, -0.15) is 5.10 Å². The van der Waals surface area contributed by atoms with E-state index in [0.29, 0.717) is 6.04 Å². The summed E-state index contributed by atoms with van der Waals surface area (Å²) >= 11 is 0. The maximum atomic E-state index is 4.54. The number of likely N-dealkylation sites (N-methyl/N-ethyl adjacent to an activating group) is 1. The summed E-state index contributed by atoms with van der Waals surface area (Å²) in [6, 6.07) is 9.11. The average Bonchev–Trinajstić information content (AvgIpc) is 3.06. The van der Waals surface area contributed by atoms with Crippen molar-refractivity contribution in [3.05, 3.63) is 53.2 Å². The van der Waals surface area contributed by atoms with Crippen LogP contribution in [0.2, 0.25) is 0 Å². The standard InChI is InChI=1S/C20H27N3/c1-23(2)20-14-8-13-19(20)18-12-7-6-9-16(18)15-21-22-17-10-4-3-5-11-17/h6-9,12,14-15,17,22H,3-5,10-11,13H2,1-2H3. The van der Waals surface area contributed by atoms with Crippen molar-refractivity contribution in [1.29, 1.82) is 0 Å². The van der Waals surface area contributed by atoms with Crippen molar-refractivity contribution in [2.45, 2.75) is 44.6 Å². The number of hydrogen-bond acceptors (Lipinski definition) is 3. The van der Waals surface area contributed by atoms with Crippen LogP contribution in [0, 0.1) is 0 Å². The molecule has 0 bridgehead atoms. The molecule has 0 spiro atoms. The molecule has 0 unspecified atom stereocenters.